The van der Waals surface area contributed by atoms with Crippen LogP contribution >= 0.6 is 0 Å². The first-order chi connectivity index (χ1) is 10.8. The van der Waals surface area contributed by atoms with Gasteiger partial charge in [-0.3, -0.25) is 0 Å². The molecule has 0 saturated heterocycles. The molecule has 128 valence electrons. The molecule has 4 aliphatic rings. The van der Waals surface area contributed by atoms with Crippen LogP contribution in [0.1, 0.15) is 39.5 Å². The molecule has 0 aromatic rings. The normalized spacial score (nSPS) is 58.2. The van der Waals surface area contributed by atoms with Gasteiger partial charge in [-0.05, 0) is 66.3 Å². The molecular weight excluding hydrogens is 293 g/mol. The average Bonchev–Trinajstić information content (AvgIpc) is 2.73. The van der Waals surface area contributed by atoms with Gasteiger partial charge in [0.15, 0.2) is 0 Å². The Bertz CT molecular complexity index is 576. The predicted octanol–water partition coefficient (Wildman–Crippen LogP) is 2.54. The predicted molar refractivity (Wildman–Crippen MR) is 87.0 cm³/mol. The quantitative estimate of drug-likeness (QED) is 0.601. The summed E-state index contributed by atoms with van der Waals surface area (Å²) in [7, 11) is 0. The van der Waals surface area contributed by atoms with Crippen LogP contribution < -0.4 is 5.73 Å². The number of hydrogen-bond donors (Lipinski definition) is 3. The summed E-state index contributed by atoms with van der Waals surface area (Å²) in [6.45, 7) is 4.35. The molecule has 0 bridgehead atoms. The fraction of sp³-hybridized carbons (Fsp3) is 0.789. The van der Waals surface area contributed by atoms with E-state index in [1.54, 1.807) is 6.08 Å². The minimum absolute atomic E-state index is 0.0124. The number of hydrogen-bond acceptors (Lipinski definition) is 3. The van der Waals surface area contributed by atoms with E-state index in [1.165, 1.54) is 0 Å². The van der Waals surface area contributed by atoms with Crippen LogP contribution in [-0.4, -0.2) is 28.5 Å². The van der Waals surface area contributed by atoms with E-state index in [-0.39, 0.29) is 28.5 Å². The molecule has 4 heteroatoms. The maximum Gasteiger partial charge on any atom is 0.114 e. The summed E-state index contributed by atoms with van der Waals surface area (Å²) in [6, 6.07) is -0.533. The molecule has 0 aromatic carbocycles. The van der Waals surface area contributed by atoms with Crippen molar-refractivity contribution in [3.05, 3.63) is 24.1 Å². The summed E-state index contributed by atoms with van der Waals surface area (Å²) >= 11 is 0. The van der Waals surface area contributed by atoms with Crippen LogP contribution in [0.2, 0.25) is 0 Å². The lowest BCUT2D eigenvalue weighted by atomic mass is 9.45. The molecule has 4 N–H and O–H groups in total. The van der Waals surface area contributed by atoms with E-state index in [1.807, 2.05) is 6.08 Å². The van der Waals surface area contributed by atoms with Crippen LogP contribution in [0.4, 0.5) is 4.39 Å². The third kappa shape index (κ3) is 1.98. The van der Waals surface area contributed by atoms with Crippen molar-refractivity contribution in [1.82, 2.24) is 0 Å². The highest BCUT2D eigenvalue weighted by atomic mass is 19.1. The van der Waals surface area contributed by atoms with Crippen molar-refractivity contribution in [3.63, 3.8) is 0 Å². The molecule has 0 spiro atoms. The minimum atomic E-state index is -0.533. The number of aliphatic hydroxyl groups is 2. The zero-order valence-electron chi connectivity index (χ0n) is 14.0. The monoisotopic (exact) mass is 321 g/mol. The fourth-order valence-electron chi connectivity index (χ4n) is 6.31. The van der Waals surface area contributed by atoms with Crippen molar-refractivity contribution in [1.29, 1.82) is 0 Å². The SMILES string of the molecule is C[C@]12CC[C@H]3[C@@H]([C@@H](O)CC4C[C@@H](O)C=C[C@@]43C)[C@@H]1C=C(F)[C@@H]2N. The first-order valence-corrected chi connectivity index (χ1v) is 8.95. The summed E-state index contributed by atoms with van der Waals surface area (Å²) in [6.07, 6.45) is 8.24. The van der Waals surface area contributed by atoms with Crippen LogP contribution in [0.25, 0.3) is 0 Å². The smallest absolute Gasteiger partial charge is 0.114 e. The van der Waals surface area contributed by atoms with Gasteiger partial charge in [-0.25, -0.2) is 4.39 Å². The largest absolute Gasteiger partial charge is 0.393 e. The molecule has 0 aliphatic heterocycles. The van der Waals surface area contributed by atoms with Gasteiger partial charge in [-0.15, -0.1) is 0 Å². The highest BCUT2D eigenvalue weighted by Crippen LogP contribution is 2.64. The average molecular weight is 321 g/mol. The van der Waals surface area contributed by atoms with Crippen molar-refractivity contribution in [2.24, 2.45) is 40.2 Å². The van der Waals surface area contributed by atoms with Crippen molar-refractivity contribution in [2.45, 2.75) is 57.8 Å². The Kier molecular flexibility index (Phi) is 3.37. The summed E-state index contributed by atoms with van der Waals surface area (Å²) in [4.78, 5) is 0. The molecule has 23 heavy (non-hydrogen) atoms. The molecule has 1 unspecified atom stereocenters. The Hall–Kier alpha value is -0.710. The van der Waals surface area contributed by atoms with Crippen LogP contribution in [0.5, 0.6) is 0 Å². The Morgan fingerprint density at radius 3 is 2.74 bits per heavy atom. The molecule has 3 nitrogen and oxygen atoms in total. The van der Waals surface area contributed by atoms with E-state index in [0.717, 1.165) is 19.3 Å². The molecule has 4 rings (SSSR count). The van der Waals surface area contributed by atoms with Crippen molar-refractivity contribution < 1.29 is 14.6 Å². The standard InChI is InChI=1S/C19H28FNO2/c1-18-5-3-11(22)7-10(18)8-15(23)16-12(18)4-6-19(2)13(16)9-14(20)17(19)21/h3,5,9-13,15-17,22-23H,4,6-8,21H2,1-2H3/t10?,11-,12-,13-,15-,16+,17-,18-,19-/m0/s1. The van der Waals surface area contributed by atoms with Gasteiger partial charge in [0.1, 0.15) is 5.83 Å². The zero-order chi connectivity index (χ0) is 16.6. The second-order valence-corrected chi connectivity index (χ2v) is 8.81. The summed E-state index contributed by atoms with van der Waals surface area (Å²) in [5.74, 6) is 0.505. The van der Waals surface area contributed by atoms with Gasteiger partial charge in [0.2, 0.25) is 0 Å². The maximum atomic E-state index is 14.2. The molecule has 2 fully saturated rings. The van der Waals surface area contributed by atoms with Gasteiger partial charge in [-0.1, -0.05) is 26.0 Å². The van der Waals surface area contributed by atoms with Gasteiger partial charge in [-0.2, -0.15) is 0 Å². The Morgan fingerprint density at radius 2 is 2.00 bits per heavy atom. The van der Waals surface area contributed by atoms with Crippen LogP contribution in [0, 0.1) is 34.5 Å². The van der Waals surface area contributed by atoms with E-state index >= 15 is 0 Å². The van der Waals surface area contributed by atoms with Crippen molar-refractivity contribution >= 4 is 0 Å². The number of nitrogens with two attached hydrogens (primary N) is 1. The van der Waals surface area contributed by atoms with Crippen LogP contribution in [0.3, 0.4) is 0 Å². The lowest BCUT2D eigenvalue weighted by Crippen LogP contribution is -2.58. The van der Waals surface area contributed by atoms with Crippen LogP contribution in [0.15, 0.2) is 24.1 Å². The molecule has 0 radical (unpaired) electrons. The first-order valence-electron chi connectivity index (χ1n) is 8.95. The van der Waals surface area contributed by atoms with E-state index in [9.17, 15) is 14.6 Å². The number of allylic oxidation sites excluding steroid dienone is 2. The fourth-order valence-corrected chi connectivity index (χ4v) is 6.31. The molecule has 0 heterocycles. The highest BCUT2D eigenvalue weighted by Gasteiger charge is 2.61. The van der Waals surface area contributed by atoms with Gasteiger partial charge in [0.25, 0.3) is 0 Å². The molecule has 0 aromatic heterocycles. The molecular formula is C19H28FNO2. The Balaban J connectivity index is 1.74. The van der Waals surface area contributed by atoms with E-state index < -0.39 is 18.2 Å². The first kappa shape index (κ1) is 15.8. The van der Waals surface area contributed by atoms with Gasteiger partial charge >= 0.3 is 0 Å². The van der Waals surface area contributed by atoms with E-state index in [2.05, 4.69) is 19.9 Å². The number of fused-ring (bicyclic) bond motifs is 5. The lowest BCUT2D eigenvalue weighted by Gasteiger charge is -2.60. The topological polar surface area (TPSA) is 66.5 Å². The molecule has 0 amide bonds. The van der Waals surface area contributed by atoms with E-state index in [4.69, 9.17) is 5.73 Å². The summed E-state index contributed by atoms with van der Waals surface area (Å²) < 4.78 is 14.2. The minimum Gasteiger partial charge on any atom is -0.393 e. The number of aliphatic hydroxyl groups excluding tert-OH is 2. The van der Waals surface area contributed by atoms with Crippen LogP contribution in [-0.2, 0) is 0 Å². The summed E-state index contributed by atoms with van der Waals surface area (Å²) in [5.41, 5.74) is 5.86. The van der Waals surface area contributed by atoms with Crippen molar-refractivity contribution in [2.75, 3.05) is 0 Å². The number of halogens is 1. The molecule has 2 saturated carbocycles. The Morgan fingerprint density at radius 1 is 1.26 bits per heavy atom. The second kappa shape index (κ2) is 4.90. The molecule has 4 aliphatic carbocycles. The van der Waals surface area contributed by atoms with E-state index in [0.29, 0.717) is 18.3 Å². The Labute approximate surface area is 137 Å². The van der Waals surface area contributed by atoms with Crippen molar-refractivity contribution in [3.8, 4) is 0 Å². The maximum absolute atomic E-state index is 14.2. The van der Waals surface area contributed by atoms with Gasteiger partial charge in [0.05, 0.1) is 18.2 Å². The highest BCUT2D eigenvalue weighted by molar-refractivity contribution is 5.27. The lowest BCUT2D eigenvalue weighted by molar-refractivity contribution is -0.132. The van der Waals surface area contributed by atoms with Gasteiger partial charge < -0.3 is 15.9 Å². The summed E-state index contributed by atoms with van der Waals surface area (Å²) in [5, 5.41) is 20.8. The molecule has 9 atom stereocenters. The van der Waals surface area contributed by atoms with Gasteiger partial charge in [0, 0.05) is 0 Å². The third-order valence-corrected chi connectivity index (χ3v) is 7.83. The third-order valence-electron chi connectivity index (χ3n) is 7.83. The number of rotatable bonds is 0. The second-order valence-electron chi connectivity index (χ2n) is 8.81. The zero-order valence-corrected chi connectivity index (χ0v) is 14.0.